The summed E-state index contributed by atoms with van der Waals surface area (Å²) in [5.41, 5.74) is 2.63. The van der Waals surface area contributed by atoms with Gasteiger partial charge in [0.05, 0.1) is 0 Å². The number of fused-ring (bicyclic) bond motifs is 1. The van der Waals surface area contributed by atoms with Crippen molar-refractivity contribution in [2.75, 3.05) is 13.1 Å². The second-order valence-corrected chi connectivity index (χ2v) is 6.11. The molecule has 112 valence electrons. The fourth-order valence-corrected chi connectivity index (χ4v) is 3.14. The minimum absolute atomic E-state index is 0.00698. The number of quaternary nitrogens is 1. The van der Waals surface area contributed by atoms with Gasteiger partial charge in [-0.2, -0.15) is 0 Å². The van der Waals surface area contributed by atoms with Gasteiger partial charge in [0, 0.05) is 12.3 Å². The van der Waals surface area contributed by atoms with Crippen LogP contribution >= 0.6 is 0 Å². The third-order valence-electron chi connectivity index (χ3n) is 3.91. The molecule has 1 saturated heterocycles. The van der Waals surface area contributed by atoms with E-state index in [1.165, 1.54) is 4.90 Å². The number of pyridine rings is 1. The molecule has 5 heteroatoms. The first-order valence-electron chi connectivity index (χ1n) is 7.49. The van der Waals surface area contributed by atoms with Crippen molar-refractivity contribution in [3.05, 3.63) is 46.0 Å². The Kier molecular flexibility index (Phi) is 3.78. The zero-order valence-electron chi connectivity index (χ0n) is 12.8. The maximum absolute atomic E-state index is 12.2. The van der Waals surface area contributed by atoms with Crippen molar-refractivity contribution in [2.45, 2.75) is 39.5 Å². The predicted molar refractivity (Wildman–Crippen MR) is 80.6 cm³/mol. The number of nitrogens with zero attached hydrogens (tertiary/aromatic N) is 2. The van der Waals surface area contributed by atoms with Crippen molar-refractivity contribution in [3.8, 4) is 0 Å². The lowest BCUT2D eigenvalue weighted by molar-refractivity contribution is -0.928. The van der Waals surface area contributed by atoms with Gasteiger partial charge in [0.1, 0.15) is 43.2 Å². The normalized spacial score (nSPS) is 26.1. The number of hydrogen-bond donors (Lipinski definition) is 1. The lowest BCUT2D eigenvalue weighted by Crippen LogP contribution is -3.14. The smallest absolute Gasteiger partial charge is 0.258 e. The second-order valence-electron chi connectivity index (χ2n) is 6.11. The molecule has 1 fully saturated rings. The zero-order valence-corrected chi connectivity index (χ0v) is 12.8. The molecule has 0 radical (unpaired) electrons. The highest BCUT2D eigenvalue weighted by molar-refractivity contribution is 5.39. The van der Waals surface area contributed by atoms with E-state index in [0.29, 0.717) is 0 Å². The molecule has 0 aromatic carbocycles. The van der Waals surface area contributed by atoms with Gasteiger partial charge in [-0.25, -0.2) is 4.98 Å². The van der Waals surface area contributed by atoms with Crippen LogP contribution in [0.3, 0.4) is 0 Å². The Labute approximate surface area is 124 Å². The molecule has 0 bridgehead atoms. The summed E-state index contributed by atoms with van der Waals surface area (Å²) in [5.74, 6) is 0. The number of nitrogens with one attached hydrogen (secondary N) is 1. The van der Waals surface area contributed by atoms with Crippen LogP contribution in [0.25, 0.3) is 5.65 Å². The van der Waals surface area contributed by atoms with E-state index < -0.39 is 0 Å². The molecule has 3 heterocycles. The number of rotatable bonds is 2. The summed E-state index contributed by atoms with van der Waals surface area (Å²) in [6.45, 7) is 8.86. The molecule has 2 atom stereocenters. The van der Waals surface area contributed by atoms with Crippen molar-refractivity contribution in [2.24, 2.45) is 0 Å². The monoisotopic (exact) mass is 288 g/mol. The van der Waals surface area contributed by atoms with Gasteiger partial charge in [0.25, 0.3) is 5.56 Å². The van der Waals surface area contributed by atoms with Crippen LogP contribution in [0.15, 0.2) is 29.2 Å². The Morgan fingerprint density at radius 1 is 1.33 bits per heavy atom. The zero-order chi connectivity index (χ0) is 15.0. The van der Waals surface area contributed by atoms with E-state index in [-0.39, 0.29) is 17.8 Å². The molecule has 0 amide bonds. The summed E-state index contributed by atoms with van der Waals surface area (Å²) < 4.78 is 7.36. The summed E-state index contributed by atoms with van der Waals surface area (Å²) in [4.78, 5) is 18.3. The maximum atomic E-state index is 12.2. The van der Waals surface area contributed by atoms with Crippen molar-refractivity contribution in [1.29, 1.82) is 0 Å². The molecule has 0 aliphatic carbocycles. The van der Waals surface area contributed by atoms with Crippen LogP contribution in [0.2, 0.25) is 0 Å². The highest BCUT2D eigenvalue weighted by atomic mass is 16.5. The van der Waals surface area contributed by atoms with Gasteiger partial charge in [0.2, 0.25) is 0 Å². The van der Waals surface area contributed by atoms with E-state index in [1.807, 2.05) is 25.3 Å². The average Bonchev–Trinajstić information content (AvgIpc) is 2.38. The lowest BCUT2D eigenvalue weighted by atomic mass is 10.2. The van der Waals surface area contributed by atoms with Gasteiger partial charge in [-0.3, -0.25) is 9.20 Å². The fraction of sp³-hybridized carbons (Fsp3) is 0.500. The first-order chi connectivity index (χ1) is 10.0. The lowest BCUT2D eigenvalue weighted by Gasteiger charge is -2.32. The van der Waals surface area contributed by atoms with Crippen molar-refractivity contribution >= 4 is 5.65 Å². The van der Waals surface area contributed by atoms with Crippen LogP contribution in [0, 0.1) is 6.92 Å². The first kappa shape index (κ1) is 14.2. The fourth-order valence-electron chi connectivity index (χ4n) is 3.14. The molecule has 0 unspecified atom stereocenters. The molecule has 2 aromatic rings. The van der Waals surface area contributed by atoms with E-state index in [2.05, 4.69) is 18.8 Å². The minimum Gasteiger partial charge on any atom is -0.364 e. The van der Waals surface area contributed by atoms with Gasteiger partial charge >= 0.3 is 0 Å². The van der Waals surface area contributed by atoms with Gasteiger partial charge in [-0.15, -0.1) is 0 Å². The van der Waals surface area contributed by atoms with Crippen LogP contribution in [-0.4, -0.2) is 34.7 Å². The van der Waals surface area contributed by atoms with Crippen molar-refractivity contribution in [3.63, 3.8) is 0 Å². The topological polar surface area (TPSA) is 48.0 Å². The number of aryl methyl sites for hydroxylation is 1. The van der Waals surface area contributed by atoms with E-state index in [4.69, 9.17) is 4.74 Å². The summed E-state index contributed by atoms with van der Waals surface area (Å²) >= 11 is 0. The SMILES string of the molecule is Cc1ccc2nc(C[NH+]3C[C@H](C)O[C@@H](C)C3)cc(=O)n2c1. The van der Waals surface area contributed by atoms with Crippen LogP contribution in [-0.2, 0) is 11.3 Å². The molecule has 1 N–H and O–H groups in total. The van der Waals surface area contributed by atoms with Gasteiger partial charge in [0.15, 0.2) is 0 Å². The van der Waals surface area contributed by atoms with Gasteiger partial charge in [-0.05, 0) is 32.4 Å². The van der Waals surface area contributed by atoms with E-state index in [9.17, 15) is 4.79 Å². The van der Waals surface area contributed by atoms with Crippen LogP contribution in [0.1, 0.15) is 25.1 Å². The number of hydrogen-bond acceptors (Lipinski definition) is 3. The molecule has 3 rings (SSSR count). The third-order valence-corrected chi connectivity index (χ3v) is 3.91. The molecule has 0 spiro atoms. The Hall–Kier alpha value is -1.72. The standard InChI is InChI=1S/C16H21N3O2/c1-11-4-5-15-17-14(6-16(20)19(15)7-11)10-18-8-12(2)21-13(3)9-18/h4-7,12-13H,8-10H2,1-3H3/p+1/t12-,13-/m0/s1. The third kappa shape index (κ3) is 3.14. The Morgan fingerprint density at radius 2 is 2.05 bits per heavy atom. The van der Waals surface area contributed by atoms with Crippen LogP contribution in [0.5, 0.6) is 0 Å². The summed E-state index contributed by atoms with van der Waals surface area (Å²) in [7, 11) is 0. The molecule has 1 aliphatic rings. The minimum atomic E-state index is -0.00698. The predicted octanol–water partition coefficient (Wildman–Crippen LogP) is 0.195. The molecular formula is C16H22N3O2+. The van der Waals surface area contributed by atoms with Crippen LogP contribution < -0.4 is 10.5 Å². The highest BCUT2D eigenvalue weighted by Gasteiger charge is 2.26. The summed E-state index contributed by atoms with van der Waals surface area (Å²) in [5, 5.41) is 0. The van der Waals surface area contributed by atoms with Gasteiger partial charge in [-0.1, -0.05) is 6.07 Å². The molecular weight excluding hydrogens is 266 g/mol. The molecule has 0 saturated carbocycles. The largest absolute Gasteiger partial charge is 0.364 e. The van der Waals surface area contributed by atoms with E-state index in [1.54, 1.807) is 10.5 Å². The number of aromatic nitrogens is 2. The Balaban J connectivity index is 1.87. The molecule has 1 aliphatic heterocycles. The molecule has 21 heavy (non-hydrogen) atoms. The highest BCUT2D eigenvalue weighted by Crippen LogP contribution is 2.03. The Bertz CT molecular complexity index is 700. The maximum Gasteiger partial charge on any atom is 0.258 e. The van der Waals surface area contributed by atoms with E-state index in [0.717, 1.165) is 36.5 Å². The molecule has 5 nitrogen and oxygen atoms in total. The van der Waals surface area contributed by atoms with Crippen molar-refractivity contribution in [1.82, 2.24) is 9.38 Å². The first-order valence-corrected chi connectivity index (χ1v) is 7.49. The van der Waals surface area contributed by atoms with Crippen molar-refractivity contribution < 1.29 is 9.64 Å². The second kappa shape index (κ2) is 5.58. The summed E-state index contributed by atoms with van der Waals surface area (Å²) in [6, 6.07) is 5.54. The summed E-state index contributed by atoms with van der Waals surface area (Å²) in [6.07, 6.45) is 2.35. The molecule has 2 aromatic heterocycles. The number of morpholine rings is 1. The average molecular weight is 288 g/mol. The Morgan fingerprint density at radius 3 is 2.76 bits per heavy atom. The quantitative estimate of drug-likeness (QED) is 0.858. The van der Waals surface area contributed by atoms with Gasteiger partial charge < -0.3 is 9.64 Å². The van der Waals surface area contributed by atoms with E-state index >= 15 is 0 Å². The number of ether oxygens (including phenoxy) is 1. The van der Waals surface area contributed by atoms with Crippen LogP contribution in [0.4, 0.5) is 0 Å².